The van der Waals surface area contributed by atoms with Gasteiger partial charge in [0.2, 0.25) is 0 Å². The Morgan fingerprint density at radius 2 is 2.11 bits per heavy atom. The first-order valence-electron chi connectivity index (χ1n) is 5.71. The number of benzene rings is 1. The molecular weight excluding hydrogens is 335 g/mol. The third kappa shape index (κ3) is 3.42. The van der Waals surface area contributed by atoms with Crippen LogP contribution in [-0.2, 0) is 13.0 Å². The van der Waals surface area contributed by atoms with Gasteiger partial charge in [-0.2, -0.15) is 0 Å². The van der Waals surface area contributed by atoms with E-state index < -0.39 is 0 Å². The molecule has 0 saturated carbocycles. The lowest BCUT2D eigenvalue weighted by Crippen LogP contribution is -2.24. The van der Waals surface area contributed by atoms with Crippen LogP contribution in [0.15, 0.2) is 33.5 Å². The minimum absolute atomic E-state index is 0.179. The van der Waals surface area contributed by atoms with Crippen LogP contribution < -0.4 is 5.56 Å². The van der Waals surface area contributed by atoms with E-state index in [0.29, 0.717) is 22.3 Å². The van der Waals surface area contributed by atoms with Gasteiger partial charge in [-0.25, -0.2) is 9.37 Å². The summed E-state index contributed by atoms with van der Waals surface area (Å²) in [6.45, 7) is 2.15. The summed E-state index contributed by atoms with van der Waals surface area (Å²) < 4.78 is 15.5. The number of aromatic nitrogens is 2. The van der Waals surface area contributed by atoms with Crippen molar-refractivity contribution in [2.75, 3.05) is 0 Å². The molecule has 19 heavy (non-hydrogen) atoms. The van der Waals surface area contributed by atoms with Crippen molar-refractivity contribution >= 4 is 27.5 Å². The normalized spacial score (nSPS) is 10.7. The number of hydrogen-bond donors (Lipinski definition) is 0. The molecule has 0 aliphatic heterocycles. The summed E-state index contributed by atoms with van der Waals surface area (Å²) in [5.41, 5.74) is 0.449. The first-order chi connectivity index (χ1) is 8.99. The van der Waals surface area contributed by atoms with E-state index in [2.05, 4.69) is 20.9 Å². The molecular formula is C13H11BrClFN2O. The molecule has 0 bridgehead atoms. The van der Waals surface area contributed by atoms with E-state index in [1.54, 1.807) is 6.07 Å². The molecule has 0 aliphatic carbocycles. The molecule has 0 saturated heterocycles. The summed E-state index contributed by atoms with van der Waals surface area (Å²) in [7, 11) is 0. The van der Waals surface area contributed by atoms with Gasteiger partial charge in [-0.3, -0.25) is 9.36 Å². The molecule has 1 heterocycles. The largest absolute Gasteiger partial charge is 0.292 e. The van der Waals surface area contributed by atoms with Gasteiger partial charge in [-0.15, -0.1) is 0 Å². The fourth-order valence-electron chi connectivity index (χ4n) is 1.85. The van der Waals surface area contributed by atoms with Gasteiger partial charge in [0.1, 0.15) is 16.8 Å². The standard InChI is InChI=1S/C13H11BrClFN2O/c1-2-12-17-11(15)6-13(19)18(12)7-8-3-9(14)5-10(16)4-8/h3-6H,2,7H2,1H3. The van der Waals surface area contributed by atoms with Crippen LogP contribution in [-0.4, -0.2) is 9.55 Å². The van der Waals surface area contributed by atoms with Crippen molar-refractivity contribution in [3.63, 3.8) is 0 Å². The van der Waals surface area contributed by atoms with E-state index >= 15 is 0 Å². The second-order valence-electron chi connectivity index (χ2n) is 4.05. The van der Waals surface area contributed by atoms with Crippen LogP contribution in [0.5, 0.6) is 0 Å². The van der Waals surface area contributed by atoms with Crippen LogP contribution >= 0.6 is 27.5 Å². The Morgan fingerprint density at radius 1 is 1.37 bits per heavy atom. The molecule has 2 aromatic rings. The van der Waals surface area contributed by atoms with Crippen molar-refractivity contribution in [2.45, 2.75) is 19.9 Å². The lowest BCUT2D eigenvalue weighted by atomic mass is 10.2. The Kier molecular flexibility index (Phi) is 4.37. The van der Waals surface area contributed by atoms with E-state index in [1.807, 2.05) is 6.92 Å². The van der Waals surface area contributed by atoms with Crippen molar-refractivity contribution in [3.05, 3.63) is 61.5 Å². The molecule has 0 radical (unpaired) electrons. The maximum absolute atomic E-state index is 13.3. The summed E-state index contributed by atoms with van der Waals surface area (Å²) in [5, 5.41) is 0.179. The van der Waals surface area contributed by atoms with Crippen LogP contribution in [0, 0.1) is 5.82 Å². The van der Waals surface area contributed by atoms with Gasteiger partial charge in [-0.05, 0) is 23.8 Å². The first kappa shape index (κ1) is 14.2. The summed E-state index contributed by atoms with van der Waals surface area (Å²) in [4.78, 5) is 16.0. The second kappa shape index (κ2) is 5.84. The third-order valence-corrected chi connectivity index (χ3v) is 3.29. The van der Waals surface area contributed by atoms with Gasteiger partial charge >= 0.3 is 0 Å². The van der Waals surface area contributed by atoms with E-state index in [1.165, 1.54) is 22.8 Å². The van der Waals surface area contributed by atoms with Gasteiger partial charge in [-0.1, -0.05) is 34.5 Å². The summed E-state index contributed by atoms with van der Waals surface area (Å²) in [6.07, 6.45) is 0.576. The fraction of sp³-hybridized carbons (Fsp3) is 0.231. The van der Waals surface area contributed by atoms with Crippen LogP contribution in [0.25, 0.3) is 0 Å². The highest BCUT2D eigenvalue weighted by atomic mass is 79.9. The van der Waals surface area contributed by atoms with Crippen molar-refractivity contribution in [2.24, 2.45) is 0 Å². The Balaban J connectivity index is 2.46. The minimum atomic E-state index is -0.350. The van der Waals surface area contributed by atoms with Crippen LogP contribution in [0.2, 0.25) is 5.15 Å². The molecule has 0 N–H and O–H groups in total. The average molecular weight is 346 g/mol. The molecule has 1 aromatic heterocycles. The van der Waals surface area contributed by atoms with Gasteiger partial charge in [0.15, 0.2) is 0 Å². The van der Waals surface area contributed by atoms with Crippen LogP contribution in [0.4, 0.5) is 4.39 Å². The molecule has 0 unspecified atom stereocenters. The molecule has 0 spiro atoms. The highest BCUT2D eigenvalue weighted by molar-refractivity contribution is 9.10. The Bertz CT molecular complexity index is 652. The van der Waals surface area contributed by atoms with E-state index in [9.17, 15) is 9.18 Å². The number of hydrogen-bond acceptors (Lipinski definition) is 2. The lowest BCUT2D eigenvalue weighted by molar-refractivity contribution is 0.618. The van der Waals surface area contributed by atoms with Crippen molar-refractivity contribution < 1.29 is 4.39 Å². The molecule has 0 atom stereocenters. The number of rotatable bonds is 3. The Hall–Kier alpha value is -1.20. The summed E-state index contributed by atoms with van der Waals surface area (Å²) in [5.74, 6) is 0.232. The quantitative estimate of drug-likeness (QED) is 0.799. The van der Waals surface area contributed by atoms with Crippen LogP contribution in [0.1, 0.15) is 18.3 Å². The topological polar surface area (TPSA) is 34.9 Å². The molecule has 0 aliphatic rings. The SMILES string of the molecule is CCc1nc(Cl)cc(=O)n1Cc1cc(F)cc(Br)c1. The van der Waals surface area contributed by atoms with Gasteiger partial charge in [0.05, 0.1) is 6.54 Å². The molecule has 0 amide bonds. The van der Waals surface area contributed by atoms with Crippen molar-refractivity contribution in [1.82, 2.24) is 9.55 Å². The average Bonchev–Trinajstić information content (AvgIpc) is 2.31. The summed E-state index contributed by atoms with van der Waals surface area (Å²) >= 11 is 8.99. The zero-order valence-corrected chi connectivity index (χ0v) is 12.5. The lowest BCUT2D eigenvalue weighted by Gasteiger charge is -2.11. The first-order valence-corrected chi connectivity index (χ1v) is 6.88. The van der Waals surface area contributed by atoms with Crippen molar-refractivity contribution in [3.8, 4) is 0 Å². The molecule has 1 aromatic carbocycles. The number of nitrogens with zero attached hydrogens (tertiary/aromatic N) is 2. The zero-order valence-electron chi connectivity index (χ0n) is 10.2. The third-order valence-electron chi connectivity index (χ3n) is 2.64. The second-order valence-corrected chi connectivity index (χ2v) is 5.35. The van der Waals surface area contributed by atoms with Gasteiger partial charge in [0.25, 0.3) is 5.56 Å². The maximum Gasteiger partial charge on any atom is 0.255 e. The Morgan fingerprint density at radius 3 is 2.74 bits per heavy atom. The van der Waals surface area contributed by atoms with Crippen LogP contribution in [0.3, 0.4) is 0 Å². The van der Waals surface area contributed by atoms with E-state index in [0.717, 1.165) is 0 Å². The highest BCUT2D eigenvalue weighted by Crippen LogP contribution is 2.16. The molecule has 2 rings (SSSR count). The molecule has 6 heteroatoms. The number of aryl methyl sites for hydroxylation is 1. The predicted molar refractivity (Wildman–Crippen MR) is 76.1 cm³/mol. The molecule has 3 nitrogen and oxygen atoms in total. The monoisotopic (exact) mass is 344 g/mol. The maximum atomic E-state index is 13.3. The molecule has 0 fully saturated rings. The fourth-order valence-corrected chi connectivity index (χ4v) is 2.55. The zero-order chi connectivity index (χ0) is 14.0. The van der Waals surface area contributed by atoms with Crippen molar-refractivity contribution in [1.29, 1.82) is 0 Å². The van der Waals surface area contributed by atoms with E-state index in [4.69, 9.17) is 11.6 Å². The molecule has 100 valence electrons. The van der Waals surface area contributed by atoms with Gasteiger partial charge < -0.3 is 0 Å². The highest BCUT2D eigenvalue weighted by Gasteiger charge is 2.08. The predicted octanol–water partition coefficient (Wildman–Crippen LogP) is 3.41. The van der Waals surface area contributed by atoms with Gasteiger partial charge in [0, 0.05) is 17.0 Å². The number of halogens is 3. The Labute approximate surface area is 123 Å². The summed E-state index contributed by atoms with van der Waals surface area (Å²) in [6, 6.07) is 5.79. The minimum Gasteiger partial charge on any atom is -0.292 e. The smallest absolute Gasteiger partial charge is 0.255 e. The van der Waals surface area contributed by atoms with E-state index in [-0.39, 0.29) is 23.1 Å².